The Morgan fingerprint density at radius 3 is 2.85 bits per heavy atom. The first-order valence-corrected chi connectivity index (χ1v) is 7.22. The van der Waals surface area contributed by atoms with Crippen LogP contribution in [0.4, 0.5) is 20.2 Å². The molecule has 0 aliphatic heterocycles. The second-order valence-electron chi connectivity index (χ2n) is 5.11. The predicted molar refractivity (Wildman–Crippen MR) is 82.0 cm³/mol. The number of nitrogens with one attached hydrogen (secondary N) is 1. The third kappa shape index (κ3) is 3.71. The summed E-state index contributed by atoms with van der Waals surface area (Å²) >= 11 is 0. The summed E-state index contributed by atoms with van der Waals surface area (Å²) in [4.78, 5) is 25.9. The molecule has 0 bridgehead atoms. The third-order valence-corrected chi connectivity index (χ3v) is 3.31. The Morgan fingerprint density at radius 1 is 1.35 bits per heavy atom. The molecule has 0 radical (unpaired) electrons. The molecular formula is C15H10F2N4O5. The van der Waals surface area contributed by atoms with E-state index >= 15 is 0 Å². The van der Waals surface area contributed by atoms with Crippen molar-refractivity contribution in [3.8, 4) is 11.5 Å². The number of halogens is 2. The molecule has 2 heterocycles. The number of carbonyl (C=O) groups excluding carboxylic acids is 1. The Labute approximate surface area is 143 Å². The lowest BCUT2D eigenvalue weighted by Gasteiger charge is -2.06. The highest BCUT2D eigenvalue weighted by Gasteiger charge is 2.22. The van der Waals surface area contributed by atoms with Crippen LogP contribution in [0.15, 0.2) is 39.7 Å². The molecule has 0 atom stereocenters. The fourth-order valence-corrected chi connectivity index (χ4v) is 2.11. The van der Waals surface area contributed by atoms with Gasteiger partial charge in [0.15, 0.2) is 17.3 Å². The Balaban J connectivity index is 1.66. The van der Waals surface area contributed by atoms with Crippen molar-refractivity contribution in [3.05, 3.63) is 58.3 Å². The SMILES string of the molecule is O=C(CCc1noc(-c2ccoc2)n1)Nc1c(F)cc(F)cc1[N+](=O)[O-]. The van der Waals surface area contributed by atoms with E-state index in [1.54, 1.807) is 6.07 Å². The molecule has 0 saturated carbocycles. The van der Waals surface area contributed by atoms with Crippen LogP contribution >= 0.6 is 0 Å². The summed E-state index contributed by atoms with van der Waals surface area (Å²) in [6.07, 6.45) is 2.68. The van der Waals surface area contributed by atoms with Gasteiger partial charge in [-0.1, -0.05) is 5.16 Å². The molecular weight excluding hydrogens is 354 g/mol. The topological polar surface area (TPSA) is 124 Å². The molecule has 11 heteroatoms. The van der Waals surface area contributed by atoms with Gasteiger partial charge in [-0.3, -0.25) is 14.9 Å². The van der Waals surface area contributed by atoms with Crippen LogP contribution in [0.5, 0.6) is 0 Å². The Hall–Kier alpha value is -3.63. The van der Waals surface area contributed by atoms with Crippen molar-refractivity contribution in [3.63, 3.8) is 0 Å². The Kier molecular flexibility index (Phi) is 4.69. The van der Waals surface area contributed by atoms with E-state index in [9.17, 15) is 23.7 Å². The maximum atomic E-state index is 13.7. The minimum absolute atomic E-state index is 0.0454. The van der Waals surface area contributed by atoms with Crippen LogP contribution in [0.25, 0.3) is 11.5 Å². The van der Waals surface area contributed by atoms with Crippen LogP contribution in [0.2, 0.25) is 0 Å². The molecule has 3 rings (SSSR count). The van der Waals surface area contributed by atoms with Gasteiger partial charge in [0.1, 0.15) is 12.1 Å². The van der Waals surface area contributed by atoms with E-state index < -0.39 is 33.8 Å². The lowest BCUT2D eigenvalue weighted by atomic mass is 10.2. The fraction of sp³-hybridized carbons (Fsp3) is 0.133. The van der Waals surface area contributed by atoms with Gasteiger partial charge < -0.3 is 14.3 Å². The predicted octanol–water partition coefficient (Wildman–Crippen LogP) is 3.09. The van der Waals surface area contributed by atoms with E-state index in [4.69, 9.17) is 8.94 Å². The molecule has 1 N–H and O–H groups in total. The van der Waals surface area contributed by atoms with Gasteiger partial charge in [0.2, 0.25) is 5.91 Å². The van der Waals surface area contributed by atoms with Crippen LogP contribution in [0.1, 0.15) is 12.2 Å². The van der Waals surface area contributed by atoms with Crippen LogP contribution < -0.4 is 5.32 Å². The highest BCUT2D eigenvalue weighted by Crippen LogP contribution is 2.28. The molecule has 1 amide bonds. The average Bonchev–Trinajstić information content (AvgIpc) is 3.25. The van der Waals surface area contributed by atoms with Crippen molar-refractivity contribution in [2.24, 2.45) is 0 Å². The molecule has 0 saturated heterocycles. The summed E-state index contributed by atoms with van der Waals surface area (Å²) in [5.74, 6) is -2.68. The number of carbonyl (C=O) groups is 1. The van der Waals surface area contributed by atoms with Crippen LogP contribution in [0, 0.1) is 21.7 Å². The summed E-state index contributed by atoms with van der Waals surface area (Å²) in [6, 6.07) is 2.58. The Bertz CT molecular complexity index is 955. The fourth-order valence-electron chi connectivity index (χ4n) is 2.11. The second-order valence-corrected chi connectivity index (χ2v) is 5.11. The second kappa shape index (κ2) is 7.09. The number of hydrogen-bond acceptors (Lipinski definition) is 7. The molecule has 0 aliphatic carbocycles. The number of furan rings is 1. The first kappa shape index (κ1) is 17.2. The zero-order valence-corrected chi connectivity index (χ0v) is 12.9. The number of amides is 1. The summed E-state index contributed by atoms with van der Waals surface area (Å²) < 4.78 is 36.7. The van der Waals surface area contributed by atoms with E-state index in [1.807, 2.05) is 0 Å². The van der Waals surface area contributed by atoms with Crippen LogP contribution in [0.3, 0.4) is 0 Å². The number of nitro benzene ring substituents is 1. The molecule has 3 aromatic rings. The minimum Gasteiger partial charge on any atom is -0.472 e. The molecule has 0 fully saturated rings. The van der Waals surface area contributed by atoms with Crippen molar-refractivity contribution in [2.45, 2.75) is 12.8 Å². The van der Waals surface area contributed by atoms with Gasteiger partial charge in [-0.25, -0.2) is 8.78 Å². The third-order valence-electron chi connectivity index (χ3n) is 3.31. The van der Waals surface area contributed by atoms with Gasteiger partial charge in [0, 0.05) is 18.9 Å². The van der Waals surface area contributed by atoms with E-state index in [1.165, 1.54) is 12.5 Å². The maximum Gasteiger partial charge on any atom is 0.298 e. The molecule has 134 valence electrons. The largest absolute Gasteiger partial charge is 0.472 e. The number of aromatic nitrogens is 2. The van der Waals surface area contributed by atoms with Gasteiger partial charge in [-0.2, -0.15) is 4.98 Å². The minimum atomic E-state index is -1.24. The Morgan fingerprint density at radius 2 is 2.15 bits per heavy atom. The quantitative estimate of drug-likeness (QED) is 0.526. The van der Waals surface area contributed by atoms with Crippen molar-refractivity contribution in [2.75, 3.05) is 5.32 Å². The van der Waals surface area contributed by atoms with Crippen LogP contribution in [-0.4, -0.2) is 21.0 Å². The molecule has 0 spiro atoms. The highest BCUT2D eigenvalue weighted by atomic mass is 19.1. The van der Waals surface area contributed by atoms with E-state index in [0.717, 1.165) is 0 Å². The summed E-state index contributed by atoms with van der Waals surface area (Å²) in [6.45, 7) is 0. The van der Waals surface area contributed by atoms with Crippen molar-refractivity contribution in [1.82, 2.24) is 10.1 Å². The summed E-state index contributed by atoms with van der Waals surface area (Å²) in [5.41, 5.74) is -1.01. The maximum absolute atomic E-state index is 13.7. The number of hydrogen-bond donors (Lipinski definition) is 1. The lowest BCUT2D eigenvalue weighted by Crippen LogP contribution is -2.15. The summed E-state index contributed by atoms with van der Waals surface area (Å²) in [7, 11) is 0. The molecule has 2 aromatic heterocycles. The molecule has 0 aliphatic rings. The molecule has 1 aromatic carbocycles. The highest BCUT2D eigenvalue weighted by molar-refractivity contribution is 5.93. The van der Waals surface area contributed by atoms with Crippen LogP contribution in [-0.2, 0) is 11.2 Å². The summed E-state index contributed by atoms with van der Waals surface area (Å²) in [5, 5.41) is 16.6. The molecule has 0 unspecified atom stereocenters. The number of aryl methyl sites for hydroxylation is 1. The van der Waals surface area contributed by atoms with E-state index in [-0.39, 0.29) is 24.6 Å². The standard InChI is InChI=1S/C15H10F2N4O5/c16-9-5-10(17)14(11(6-9)21(23)24)19-13(22)2-1-12-18-15(26-20-12)8-3-4-25-7-8/h3-7H,1-2H2,(H,19,22). The van der Waals surface area contributed by atoms with Gasteiger partial charge in [-0.15, -0.1) is 0 Å². The zero-order valence-electron chi connectivity index (χ0n) is 12.9. The monoisotopic (exact) mass is 364 g/mol. The smallest absolute Gasteiger partial charge is 0.298 e. The number of nitro groups is 1. The van der Waals surface area contributed by atoms with Crippen molar-refractivity contribution >= 4 is 17.3 Å². The number of benzene rings is 1. The van der Waals surface area contributed by atoms with Gasteiger partial charge in [0.25, 0.3) is 11.6 Å². The average molecular weight is 364 g/mol. The number of nitrogens with zero attached hydrogens (tertiary/aromatic N) is 3. The van der Waals surface area contributed by atoms with Gasteiger partial charge in [0.05, 0.1) is 22.8 Å². The molecule has 26 heavy (non-hydrogen) atoms. The van der Waals surface area contributed by atoms with Gasteiger partial charge >= 0.3 is 0 Å². The zero-order chi connectivity index (χ0) is 18.7. The van der Waals surface area contributed by atoms with E-state index in [0.29, 0.717) is 17.7 Å². The first-order chi connectivity index (χ1) is 12.4. The lowest BCUT2D eigenvalue weighted by molar-refractivity contribution is -0.384. The number of rotatable bonds is 6. The van der Waals surface area contributed by atoms with E-state index in [2.05, 4.69) is 15.5 Å². The first-order valence-electron chi connectivity index (χ1n) is 7.22. The van der Waals surface area contributed by atoms with Gasteiger partial charge in [-0.05, 0) is 6.07 Å². The van der Waals surface area contributed by atoms with Crippen molar-refractivity contribution < 1.29 is 27.4 Å². The number of anilines is 1. The normalized spacial score (nSPS) is 10.7. The molecule has 9 nitrogen and oxygen atoms in total. The van der Waals surface area contributed by atoms with Crippen molar-refractivity contribution in [1.29, 1.82) is 0 Å².